The fraction of sp³-hybridized carbons (Fsp3) is 0.111. The molecule has 3 aromatic rings. The van der Waals surface area contributed by atoms with E-state index in [4.69, 9.17) is 23.2 Å². The molecular formula is C18H15Cl2N3O. The normalized spacial score (nSPS) is 10.6. The van der Waals surface area contributed by atoms with Crippen LogP contribution >= 0.6 is 23.2 Å². The second kappa shape index (κ2) is 7.07. The Bertz CT molecular complexity index is 872. The summed E-state index contributed by atoms with van der Waals surface area (Å²) in [5, 5.41) is 8.50. The fourth-order valence-electron chi connectivity index (χ4n) is 2.31. The Kier molecular flexibility index (Phi) is 4.88. The molecule has 0 aliphatic carbocycles. The first-order valence-electron chi connectivity index (χ1n) is 7.38. The van der Waals surface area contributed by atoms with Crippen molar-refractivity contribution in [3.05, 3.63) is 81.5 Å². The molecule has 0 fully saturated rings. The molecule has 2 aromatic carbocycles. The summed E-state index contributed by atoms with van der Waals surface area (Å²) in [5.41, 5.74) is 2.43. The Labute approximate surface area is 150 Å². The Balaban J connectivity index is 1.75. The number of carbonyl (C=O) groups is 1. The van der Waals surface area contributed by atoms with E-state index in [-0.39, 0.29) is 5.91 Å². The lowest BCUT2D eigenvalue weighted by molar-refractivity contribution is 0.102. The van der Waals surface area contributed by atoms with Crippen LogP contribution in [0.4, 0.5) is 5.82 Å². The molecule has 6 heteroatoms. The minimum atomic E-state index is -0.228. The number of hydrogen-bond donors (Lipinski definition) is 1. The van der Waals surface area contributed by atoms with Gasteiger partial charge in [-0.05, 0) is 42.8 Å². The number of anilines is 1. The van der Waals surface area contributed by atoms with Gasteiger partial charge in [0.2, 0.25) is 0 Å². The van der Waals surface area contributed by atoms with Gasteiger partial charge in [-0.15, -0.1) is 0 Å². The van der Waals surface area contributed by atoms with Crippen LogP contribution in [0.2, 0.25) is 10.0 Å². The number of hydrogen-bond acceptors (Lipinski definition) is 2. The molecule has 0 saturated carbocycles. The first kappa shape index (κ1) is 16.6. The smallest absolute Gasteiger partial charge is 0.256 e. The van der Waals surface area contributed by atoms with E-state index >= 15 is 0 Å². The van der Waals surface area contributed by atoms with Gasteiger partial charge in [0.05, 0.1) is 6.54 Å². The zero-order chi connectivity index (χ0) is 17.1. The van der Waals surface area contributed by atoms with Crippen LogP contribution in [-0.2, 0) is 6.54 Å². The average molecular weight is 360 g/mol. The van der Waals surface area contributed by atoms with E-state index in [9.17, 15) is 4.79 Å². The number of aryl methyl sites for hydroxylation is 1. The van der Waals surface area contributed by atoms with Crippen molar-refractivity contribution in [2.75, 3.05) is 5.32 Å². The van der Waals surface area contributed by atoms with Crippen LogP contribution in [0.3, 0.4) is 0 Å². The highest BCUT2D eigenvalue weighted by atomic mass is 35.5. The zero-order valence-corrected chi connectivity index (χ0v) is 14.5. The van der Waals surface area contributed by atoms with Crippen molar-refractivity contribution < 1.29 is 4.79 Å². The van der Waals surface area contributed by atoms with Crippen molar-refractivity contribution in [1.29, 1.82) is 0 Å². The number of rotatable bonds is 4. The lowest BCUT2D eigenvalue weighted by Crippen LogP contribution is -2.12. The fourth-order valence-corrected chi connectivity index (χ4v) is 2.63. The van der Waals surface area contributed by atoms with E-state index in [1.165, 1.54) is 0 Å². The highest BCUT2D eigenvalue weighted by molar-refractivity contribution is 6.31. The third-order valence-corrected chi connectivity index (χ3v) is 4.23. The molecule has 1 aromatic heterocycles. The Morgan fingerprint density at radius 1 is 1.12 bits per heavy atom. The van der Waals surface area contributed by atoms with Crippen LogP contribution in [0, 0.1) is 6.92 Å². The van der Waals surface area contributed by atoms with E-state index in [2.05, 4.69) is 10.4 Å². The predicted octanol–water partition coefficient (Wildman–Crippen LogP) is 4.80. The highest BCUT2D eigenvalue weighted by Gasteiger charge is 2.11. The van der Waals surface area contributed by atoms with E-state index in [0.29, 0.717) is 28.0 Å². The number of aromatic nitrogens is 2. The monoisotopic (exact) mass is 359 g/mol. The molecule has 0 unspecified atom stereocenters. The van der Waals surface area contributed by atoms with Gasteiger partial charge in [0.15, 0.2) is 5.82 Å². The molecule has 1 N–H and O–H groups in total. The minimum absolute atomic E-state index is 0.228. The number of nitrogens with zero attached hydrogens (tertiary/aromatic N) is 2. The van der Waals surface area contributed by atoms with Crippen molar-refractivity contribution in [3.63, 3.8) is 0 Å². The molecule has 0 aliphatic heterocycles. The van der Waals surface area contributed by atoms with Crippen LogP contribution in [0.5, 0.6) is 0 Å². The van der Waals surface area contributed by atoms with Crippen LogP contribution in [0.1, 0.15) is 21.6 Å². The highest BCUT2D eigenvalue weighted by Crippen LogP contribution is 2.18. The zero-order valence-electron chi connectivity index (χ0n) is 13.0. The molecule has 1 amide bonds. The summed E-state index contributed by atoms with van der Waals surface area (Å²) in [6.07, 6.45) is 0. The second-order valence-electron chi connectivity index (χ2n) is 5.38. The maximum atomic E-state index is 12.2. The molecular weight excluding hydrogens is 345 g/mol. The summed E-state index contributed by atoms with van der Waals surface area (Å²) >= 11 is 12.0. The summed E-state index contributed by atoms with van der Waals surface area (Å²) in [6, 6.07) is 16.1. The van der Waals surface area contributed by atoms with Crippen molar-refractivity contribution in [2.45, 2.75) is 13.5 Å². The minimum Gasteiger partial charge on any atom is -0.305 e. The van der Waals surface area contributed by atoms with E-state index < -0.39 is 0 Å². The average Bonchev–Trinajstić information content (AvgIpc) is 2.89. The number of nitrogens with one attached hydrogen (secondary N) is 1. The SMILES string of the molecule is Cc1cc(NC(=O)c2ccc(Cl)cc2)nn1Cc1ccccc1Cl. The molecule has 4 nitrogen and oxygen atoms in total. The van der Waals surface area contributed by atoms with Crippen molar-refractivity contribution in [2.24, 2.45) is 0 Å². The molecule has 1 heterocycles. The number of halogens is 2. The molecule has 122 valence electrons. The largest absolute Gasteiger partial charge is 0.305 e. The second-order valence-corrected chi connectivity index (χ2v) is 6.22. The molecule has 0 saturated heterocycles. The standard InChI is InChI=1S/C18H15Cl2N3O/c1-12-10-17(21-18(24)13-6-8-15(19)9-7-13)22-23(12)11-14-4-2-3-5-16(14)20/h2-10H,11H2,1H3,(H,21,22,24). The maximum Gasteiger partial charge on any atom is 0.256 e. The predicted molar refractivity (Wildman–Crippen MR) is 96.9 cm³/mol. The van der Waals surface area contributed by atoms with Gasteiger partial charge >= 0.3 is 0 Å². The van der Waals surface area contributed by atoms with Crippen molar-refractivity contribution in [3.8, 4) is 0 Å². The molecule has 0 atom stereocenters. The van der Waals surface area contributed by atoms with Gasteiger partial charge in [-0.25, -0.2) is 0 Å². The van der Waals surface area contributed by atoms with Gasteiger partial charge in [0, 0.05) is 27.4 Å². The third kappa shape index (κ3) is 3.78. The van der Waals surface area contributed by atoms with E-state index in [0.717, 1.165) is 11.3 Å². The van der Waals surface area contributed by atoms with Crippen LogP contribution in [0.15, 0.2) is 54.6 Å². The van der Waals surface area contributed by atoms with Gasteiger partial charge in [-0.3, -0.25) is 9.48 Å². The molecule has 24 heavy (non-hydrogen) atoms. The van der Waals surface area contributed by atoms with Crippen LogP contribution < -0.4 is 5.32 Å². The quantitative estimate of drug-likeness (QED) is 0.727. The van der Waals surface area contributed by atoms with Crippen LogP contribution in [0.25, 0.3) is 0 Å². The Hall–Kier alpha value is -2.30. The van der Waals surface area contributed by atoms with Crippen molar-refractivity contribution in [1.82, 2.24) is 9.78 Å². The van der Waals surface area contributed by atoms with E-state index in [1.54, 1.807) is 28.9 Å². The molecule has 0 aliphatic rings. The van der Waals surface area contributed by atoms with Crippen LogP contribution in [-0.4, -0.2) is 15.7 Å². The first-order valence-corrected chi connectivity index (χ1v) is 8.13. The number of benzene rings is 2. The summed E-state index contributed by atoms with van der Waals surface area (Å²) in [4.78, 5) is 12.2. The van der Waals surface area contributed by atoms with Gasteiger partial charge in [-0.2, -0.15) is 5.10 Å². The van der Waals surface area contributed by atoms with Crippen molar-refractivity contribution >= 4 is 34.9 Å². The topological polar surface area (TPSA) is 46.9 Å². The Morgan fingerprint density at radius 3 is 2.54 bits per heavy atom. The number of carbonyl (C=O) groups excluding carboxylic acids is 1. The number of amides is 1. The lowest BCUT2D eigenvalue weighted by Gasteiger charge is -2.06. The summed E-state index contributed by atoms with van der Waals surface area (Å²) in [6.45, 7) is 2.48. The first-order chi connectivity index (χ1) is 11.5. The summed E-state index contributed by atoms with van der Waals surface area (Å²) < 4.78 is 1.80. The lowest BCUT2D eigenvalue weighted by atomic mass is 10.2. The molecule has 0 spiro atoms. The van der Waals surface area contributed by atoms with Gasteiger partial charge in [0.1, 0.15) is 0 Å². The Morgan fingerprint density at radius 2 is 1.83 bits per heavy atom. The summed E-state index contributed by atoms with van der Waals surface area (Å²) in [7, 11) is 0. The van der Waals surface area contributed by atoms with E-state index in [1.807, 2.05) is 37.3 Å². The maximum absolute atomic E-state index is 12.2. The molecule has 3 rings (SSSR count). The summed E-state index contributed by atoms with van der Waals surface area (Å²) in [5.74, 6) is 0.272. The third-order valence-electron chi connectivity index (χ3n) is 3.61. The molecule has 0 bridgehead atoms. The molecule has 0 radical (unpaired) electrons. The van der Waals surface area contributed by atoms with Gasteiger partial charge in [-0.1, -0.05) is 41.4 Å². The van der Waals surface area contributed by atoms with Gasteiger partial charge < -0.3 is 5.32 Å². The van der Waals surface area contributed by atoms with Gasteiger partial charge in [0.25, 0.3) is 5.91 Å².